The highest BCUT2D eigenvalue weighted by Crippen LogP contribution is 2.23. The average Bonchev–Trinajstić information content (AvgIpc) is 2.72. The Morgan fingerprint density at radius 3 is 2.39 bits per heavy atom. The van der Waals surface area contributed by atoms with Crippen LogP contribution in [0.15, 0.2) is 17.1 Å². The van der Waals surface area contributed by atoms with E-state index in [2.05, 4.69) is 22.2 Å². The quantitative estimate of drug-likeness (QED) is 0.211. The summed E-state index contributed by atoms with van der Waals surface area (Å²) in [5.41, 5.74) is 11.2. The van der Waals surface area contributed by atoms with E-state index in [1.165, 1.54) is 0 Å². The molecule has 7 nitrogen and oxygen atoms in total. The lowest BCUT2D eigenvalue weighted by atomic mass is 9.83. The number of nitrogens with two attached hydrogens (primary N) is 2. The molecule has 7 heteroatoms. The summed E-state index contributed by atoms with van der Waals surface area (Å²) in [6.45, 7) is 10.7. The molecule has 1 aliphatic heterocycles. The molecule has 0 aromatic carbocycles. The zero-order valence-corrected chi connectivity index (χ0v) is 20.0. The summed E-state index contributed by atoms with van der Waals surface area (Å²) in [6.07, 6.45) is 9.93. The molecule has 0 radical (unpaired) electrons. The Kier molecular flexibility index (Phi) is 12.5. The third-order valence-electron chi connectivity index (χ3n) is 6.48. The van der Waals surface area contributed by atoms with Gasteiger partial charge in [0.2, 0.25) is 5.91 Å². The van der Waals surface area contributed by atoms with Gasteiger partial charge in [0.25, 0.3) is 0 Å². The first-order chi connectivity index (χ1) is 14.7. The number of hydrogen-bond acceptors (Lipinski definition) is 4. The van der Waals surface area contributed by atoms with Crippen molar-refractivity contribution < 1.29 is 9.59 Å². The number of carbonyl (C=O) groups is 2. The van der Waals surface area contributed by atoms with E-state index in [-0.39, 0.29) is 29.7 Å². The zero-order valence-electron chi connectivity index (χ0n) is 20.0. The maximum Gasteiger partial charge on any atom is 0.220 e. The molecular formula is C24H45N5O2. The van der Waals surface area contributed by atoms with Crippen LogP contribution in [0.25, 0.3) is 0 Å². The maximum atomic E-state index is 13.5. The molecule has 1 unspecified atom stereocenters. The van der Waals surface area contributed by atoms with Gasteiger partial charge in [-0.15, -0.1) is 0 Å². The van der Waals surface area contributed by atoms with Crippen molar-refractivity contribution in [2.24, 2.45) is 16.5 Å². The first-order valence-corrected chi connectivity index (χ1v) is 12.0. The molecule has 1 amide bonds. The maximum absolute atomic E-state index is 13.5. The minimum absolute atomic E-state index is 0.0102. The van der Waals surface area contributed by atoms with Gasteiger partial charge in [-0.3, -0.25) is 14.6 Å². The summed E-state index contributed by atoms with van der Waals surface area (Å²) < 4.78 is 0. The van der Waals surface area contributed by atoms with Gasteiger partial charge in [-0.2, -0.15) is 0 Å². The van der Waals surface area contributed by atoms with Crippen LogP contribution in [0, 0.1) is 0 Å². The predicted molar refractivity (Wildman–Crippen MR) is 129 cm³/mol. The summed E-state index contributed by atoms with van der Waals surface area (Å²) in [7, 11) is 0. The smallest absolute Gasteiger partial charge is 0.220 e. The van der Waals surface area contributed by atoms with Crippen LogP contribution < -0.4 is 22.1 Å². The van der Waals surface area contributed by atoms with E-state index in [1.807, 2.05) is 20.8 Å². The SMILES string of the molecule is C=C(C)C1CCCCCCCC(=O)NC(CC)(CC)C(=O)C[C@@H](CCCN=C(N)N)N1. The number of Topliss-reactive ketones (excluding diaryl/α,β-unsaturated/α-hetero) is 1. The Balaban J connectivity index is 3.07. The lowest BCUT2D eigenvalue weighted by molar-refractivity contribution is -0.133. The van der Waals surface area contributed by atoms with Crippen molar-refractivity contribution in [1.82, 2.24) is 10.6 Å². The lowest BCUT2D eigenvalue weighted by Crippen LogP contribution is -2.55. The third kappa shape index (κ3) is 9.85. The van der Waals surface area contributed by atoms with Crippen LogP contribution in [0.3, 0.4) is 0 Å². The van der Waals surface area contributed by atoms with Gasteiger partial charge in [0.05, 0.1) is 5.54 Å². The molecule has 0 aromatic rings. The molecule has 0 aromatic heterocycles. The standard InChI is InChI=1S/C24H45N5O2/c1-5-24(6-2)21(30)17-19(13-12-16-27-23(25)26)28-20(18(3)4)14-10-8-7-9-11-15-22(31)29-24/h19-20,28H,3,5-17H2,1-2,4H3,(H,29,31)(H4,25,26,27)/t19-,20?/m1/s1. The second kappa shape index (κ2) is 14.2. The van der Waals surface area contributed by atoms with Gasteiger partial charge < -0.3 is 22.1 Å². The van der Waals surface area contributed by atoms with E-state index in [0.29, 0.717) is 32.2 Å². The normalized spacial score (nSPS) is 23.8. The Labute approximate surface area is 188 Å². The molecule has 1 heterocycles. The Morgan fingerprint density at radius 2 is 1.77 bits per heavy atom. The van der Waals surface area contributed by atoms with E-state index in [4.69, 9.17) is 11.5 Å². The van der Waals surface area contributed by atoms with Gasteiger partial charge in [-0.1, -0.05) is 51.7 Å². The van der Waals surface area contributed by atoms with Crippen LogP contribution in [0.4, 0.5) is 0 Å². The Hall–Kier alpha value is -1.89. The monoisotopic (exact) mass is 435 g/mol. The summed E-state index contributed by atoms with van der Waals surface area (Å²) in [6, 6.07) is 0.168. The van der Waals surface area contributed by atoms with Crippen molar-refractivity contribution in [3.8, 4) is 0 Å². The minimum Gasteiger partial charge on any atom is -0.370 e. The van der Waals surface area contributed by atoms with Crippen LogP contribution in [0.2, 0.25) is 0 Å². The number of nitrogens with one attached hydrogen (secondary N) is 2. The fraction of sp³-hybridized carbons (Fsp3) is 0.792. The topological polar surface area (TPSA) is 123 Å². The van der Waals surface area contributed by atoms with Crippen molar-refractivity contribution in [1.29, 1.82) is 0 Å². The molecule has 1 rings (SSSR count). The first-order valence-electron chi connectivity index (χ1n) is 12.0. The van der Waals surface area contributed by atoms with Crippen molar-refractivity contribution in [2.75, 3.05) is 6.54 Å². The van der Waals surface area contributed by atoms with Crippen LogP contribution in [-0.2, 0) is 9.59 Å². The second-order valence-corrected chi connectivity index (χ2v) is 8.98. The molecule has 0 aliphatic carbocycles. The number of guanidine groups is 1. The molecule has 0 spiro atoms. The minimum atomic E-state index is -0.796. The first kappa shape index (κ1) is 27.1. The second-order valence-electron chi connectivity index (χ2n) is 8.98. The Bertz CT molecular complexity index is 609. The number of aliphatic imine (C=N–C) groups is 1. The summed E-state index contributed by atoms with van der Waals surface area (Å²) >= 11 is 0. The number of hydrogen-bond donors (Lipinski definition) is 4. The number of amides is 1. The lowest BCUT2D eigenvalue weighted by Gasteiger charge is -2.34. The zero-order chi connectivity index (χ0) is 23.3. The van der Waals surface area contributed by atoms with E-state index >= 15 is 0 Å². The van der Waals surface area contributed by atoms with E-state index in [0.717, 1.165) is 56.9 Å². The number of rotatable bonds is 7. The fourth-order valence-electron chi connectivity index (χ4n) is 4.35. The van der Waals surface area contributed by atoms with Gasteiger partial charge in [0.15, 0.2) is 11.7 Å². The molecule has 1 saturated heterocycles. The summed E-state index contributed by atoms with van der Waals surface area (Å²) in [4.78, 5) is 30.1. The largest absolute Gasteiger partial charge is 0.370 e. The highest BCUT2D eigenvalue weighted by molar-refractivity contribution is 5.93. The van der Waals surface area contributed by atoms with E-state index < -0.39 is 5.54 Å². The highest BCUT2D eigenvalue weighted by atomic mass is 16.2. The molecule has 31 heavy (non-hydrogen) atoms. The average molecular weight is 436 g/mol. The van der Waals surface area contributed by atoms with E-state index in [9.17, 15) is 9.59 Å². The van der Waals surface area contributed by atoms with Gasteiger partial charge >= 0.3 is 0 Å². The number of ketones is 1. The van der Waals surface area contributed by atoms with Crippen LogP contribution in [0.5, 0.6) is 0 Å². The molecule has 0 bridgehead atoms. The van der Waals surface area contributed by atoms with Crippen LogP contribution in [0.1, 0.15) is 97.8 Å². The summed E-state index contributed by atoms with van der Waals surface area (Å²) in [5, 5.41) is 6.79. The molecule has 178 valence electrons. The Morgan fingerprint density at radius 1 is 1.13 bits per heavy atom. The molecule has 6 N–H and O–H groups in total. The number of carbonyl (C=O) groups excluding carboxylic acids is 2. The number of nitrogens with zero attached hydrogens (tertiary/aromatic N) is 1. The third-order valence-corrected chi connectivity index (χ3v) is 6.48. The van der Waals surface area contributed by atoms with Gasteiger partial charge in [0, 0.05) is 31.5 Å². The molecule has 0 saturated carbocycles. The molecule has 1 aliphatic rings. The highest BCUT2D eigenvalue weighted by Gasteiger charge is 2.37. The van der Waals surface area contributed by atoms with Crippen LogP contribution >= 0.6 is 0 Å². The van der Waals surface area contributed by atoms with Gasteiger partial charge in [-0.25, -0.2) is 0 Å². The van der Waals surface area contributed by atoms with Crippen molar-refractivity contribution in [2.45, 2.75) is 115 Å². The van der Waals surface area contributed by atoms with Crippen molar-refractivity contribution in [3.05, 3.63) is 12.2 Å². The van der Waals surface area contributed by atoms with E-state index in [1.54, 1.807) is 0 Å². The van der Waals surface area contributed by atoms with Gasteiger partial charge in [-0.05, 0) is 45.4 Å². The predicted octanol–water partition coefficient (Wildman–Crippen LogP) is 3.32. The fourth-order valence-corrected chi connectivity index (χ4v) is 4.35. The molecule has 1 fully saturated rings. The van der Waals surface area contributed by atoms with Crippen molar-refractivity contribution >= 4 is 17.6 Å². The summed E-state index contributed by atoms with van der Waals surface area (Å²) in [5.74, 6) is 0.175. The van der Waals surface area contributed by atoms with Gasteiger partial charge in [0.1, 0.15) is 0 Å². The molecular weight excluding hydrogens is 390 g/mol. The molecule has 2 atom stereocenters. The van der Waals surface area contributed by atoms with Crippen LogP contribution in [-0.4, -0.2) is 41.8 Å². The van der Waals surface area contributed by atoms with Crippen molar-refractivity contribution in [3.63, 3.8) is 0 Å².